The van der Waals surface area contributed by atoms with Crippen molar-refractivity contribution in [2.24, 2.45) is 17.6 Å². The van der Waals surface area contributed by atoms with Crippen molar-refractivity contribution in [2.45, 2.75) is 52.8 Å². The van der Waals surface area contributed by atoms with Gasteiger partial charge in [0.1, 0.15) is 10.6 Å². The highest BCUT2D eigenvalue weighted by Crippen LogP contribution is 2.59. The summed E-state index contributed by atoms with van der Waals surface area (Å²) in [6, 6.07) is 3.42. The van der Waals surface area contributed by atoms with Gasteiger partial charge in [-0.25, -0.2) is 30.3 Å². The number of amides is 1. The van der Waals surface area contributed by atoms with Crippen LogP contribution in [0.15, 0.2) is 41.3 Å². The van der Waals surface area contributed by atoms with Crippen LogP contribution < -0.4 is 15.2 Å². The number of ether oxygens (including phenoxy) is 1. The quantitative estimate of drug-likeness (QED) is 0.523. The number of carbonyl (C=O) groups excluding carboxylic acids is 1. The number of sulfone groups is 1. The van der Waals surface area contributed by atoms with Crippen LogP contribution in [0.3, 0.4) is 0 Å². The molecular weight excluding hydrogens is 571 g/mol. The zero-order valence-corrected chi connectivity index (χ0v) is 21.7. The molecule has 2 aliphatic heterocycles. The van der Waals surface area contributed by atoms with Gasteiger partial charge in [-0.15, -0.1) is 0 Å². The molecule has 39 heavy (non-hydrogen) atoms. The van der Waals surface area contributed by atoms with Gasteiger partial charge in [-0.2, -0.15) is 13.2 Å². The van der Waals surface area contributed by atoms with E-state index in [-0.39, 0.29) is 19.3 Å². The molecule has 0 spiro atoms. The van der Waals surface area contributed by atoms with Crippen molar-refractivity contribution in [1.29, 1.82) is 0 Å². The molecule has 1 saturated carbocycles. The van der Waals surface area contributed by atoms with E-state index < -0.39 is 106 Å². The molecule has 1 amide bonds. The van der Waals surface area contributed by atoms with Gasteiger partial charge in [0.05, 0.1) is 27.9 Å². The molecule has 5 rings (SSSR count). The lowest BCUT2D eigenvalue weighted by Gasteiger charge is -2.54. The molecule has 2 aromatic carbocycles. The van der Waals surface area contributed by atoms with E-state index in [2.05, 4.69) is 4.72 Å². The first-order valence-electron chi connectivity index (χ1n) is 11.9. The summed E-state index contributed by atoms with van der Waals surface area (Å²) in [6.07, 6.45) is -5.99. The van der Waals surface area contributed by atoms with Gasteiger partial charge in [0.25, 0.3) is 0 Å². The first-order chi connectivity index (χ1) is 18.1. The minimum absolute atomic E-state index is 0.112. The normalized spacial score (nSPS) is 29.9. The molecular formula is C24H23F5N2O6S2. The Balaban J connectivity index is 1.70. The summed E-state index contributed by atoms with van der Waals surface area (Å²) in [6.45, 7) is -0.445. The Morgan fingerprint density at radius 2 is 1.74 bits per heavy atom. The number of primary amides is 1. The van der Waals surface area contributed by atoms with E-state index in [0.29, 0.717) is 12.1 Å². The molecule has 0 unspecified atom stereocenters. The van der Waals surface area contributed by atoms with Crippen molar-refractivity contribution in [3.8, 4) is 5.75 Å². The second kappa shape index (κ2) is 9.13. The first-order valence-corrected chi connectivity index (χ1v) is 14.9. The number of nitrogens with one attached hydrogen (secondary N) is 1. The van der Waals surface area contributed by atoms with Crippen LogP contribution in [0.5, 0.6) is 5.75 Å². The molecule has 3 N–H and O–H groups in total. The minimum Gasteiger partial charge on any atom is -0.490 e. The van der Waals surface area contributed by atoms with E-state index in [9.17, 15) is 39.2 Å². The van der Waals surface area contributed by atoms with Crippen LogP contribution in [0, 0.1) is 23.5 Å². The summed E-state index contributed by atoms with van der Waals surface area (Å²) in [4.78, 5) is 11.0. The lowest BCUT2D eigenvalue weighted by Crippen LogP contribution is -2.64. The van der Waals surface area contributed by atoms with Crippen molar-refractivity contribution >= 4 is 25.8 Å². The summed E-state index contributed by atoms with van der Waals surface area (Å²) in [5.41, 5.74) is 3.55. The Morgan fingerprint density at radius 1 is 1.10 bits per heavy atom. The number of benzene rings is 2. The zero-order valence-electron chi connectivity index (χ0n) is 20.0. The van der Waals surface area contributed by atoms with Gasteiger partial charge in [0.15, 0.2) is 21.4 Å². The fourth-order valence-electron chi connectivity index (χ4n) is 6.34. The zero-order chi connectivity index (χ0) is 28.5. The number of halogens is 5. The van der Waals surface area contributed by atoms with Crippen molar-refractivity contribution in [1.82, 2.24) is 4.72 Å². The lowest BCUT2D eigenvalue weighted by molar-refractivity contribution is -0.137. The molecule has 0 aromatic heterocycles. The number of rotatable bonds is 4. The monoisotopic (exact) mass is 594 g/mol. The second-order valence-electron chi connectivity index (χ2n) is 10.1. The minimum atomic E-state index is -4.74. The average molecular weight is 595 g/mol. The summed E-state index contributed by atoms with van der Waals surface area (Å²) in [5.74, 6) is -5.59. The molecule has 0 radical (unpaired) electrons. The molecule has 15 heteroatoms. The molecule has 2 fully saturated rings. The maximum Gasteiger partial charge on any atom is 0.416 e. The number of fused-ring (bicyclic) bond motifs is 5. The molecule has 8 nitrogen and oxygen atoms in total. The van der Waals surface area contributed by atoms with Gasteiger partial charge in [0.2, 0.25) is 15.9 Å². The maximum absolute atomic E-state index is 15.5. The first kappa shape index (κ1) is 27.8. The highest BCUT2D eigenvalue weighted by atomic mass is 32.2. The van der Waals surface area contributed by atoms with E-state index in [1.165, 1.54) is 0 Å². The van der Waals surface area contributed by atoms with Crippen LogP contribution in [0.4, 0.5) is 22.0 Å². The number of nitrogens with two attached hydrogens (primary N) is 1. The van der Waals surface area contributed by atoms with Crippen LogP contribution in [0.2, 0.25) is 0 Å². The number of hydrogen-bond donors (Lipinski definition) is 2. The predicted molar refractivity (Wildman–Crippen MR) is 126 cm³/mol. The van der Waals surface area contributed by atoms with Crippen LogP contribution in [0.25, 0.3) is 0 Å². The maximum atomic E-state index is 15.5. The van der Waals surface area contributed by atoms with Crippen molar-refractivity contribution in [3.05, 3.63) is 59.2 Å². The van der Waals surface area contributed by atoms with Gasteiger partial charge in [-0.1, -0.05) is 0 Å². The third-order valence-electron chi connectivity index (χ3n) is 8.04. The SMILES string of the molecule is NC(=O)C[C@@H]1C[C@@H]2[C@@H](CC[C@@]3(S(=O)(=O)c4ccc(C(F)(F)F)cc4)c4c(F)ccc(F)c4OC[C@@H]23)NS1(=O)=O. The van der Waals surface area contributed by atoms with Crippen LogP contribution >= 0.6 is 0 Å². The fraction of sp³-hybridized carbons (Fsp3) is 0.458. The Hall–Kier alpha value is -2.78. The smallest absolute Gasteiger partial charge is 0.416 e. The van der Waals surface area contributed by atoms with E-state index >= 15 is 4.39 Å². The van der Waals surface area contributed by atoms with Gasteiger partial charge in [-0.3, -0.25) is 4.79 Å². The molecule has 212 valence electrons. The Labute approximate surface area is 220 Å². The van der Waals surface area contributed by atoms with Crippen LogP contribution in [-0.4, -0.2) is 40.6 Å². The number of sulfonamides is 1. The highest BCUT2D eigenvalue weighted by Gasteiger charge is 2.64. The topological polar surface area (TPSA) is 133 Å². The largest absolute Gasteiger partial charge is 0.490 e. The van der Waals surface area contributed by atoms with E-state index in [0.717, 1.165) is 24.3 Å². The van der Waals surface area contributed by atoms with Gasteiger partial charge in [0, 0.05) is 18.4 Å². The molecule has 2 aromatic rings. The predicted octanol–water partition coefficient (Wildman–Crippen LogP) is 3.01. The van der Waals surface area contributed by atoms with Crippen LogP contribution in [0.1, 0.15) is 36.8 Å². The molecule has 0 bridgehead atoms. The number of hydrogen-bond acceptors (Lipinski definition) is 6. The molecule has 5 atom stereocenters. The summed E-state index contributed by atoms with van der Waals surface area (Å²) < 4.78 is 130. The van der Waals surface area contributed by atoms with Crippen LogP contribution in [-0.2, 0) is 35.6 Å². The summed E-state index contributed by atoms with van der Waals surface area (Å²) in [7, 11) is -8.75. The van der Waals surface area contributed by atoms with Gasteiger partial charge in [-0.05, 0) is 61.6 Å². The third-order valence-corrected chi connectivity index (χ3v) is 12.5. The number of alkyl halides is 3. The molecule has 3 aliphatic rings. The Morgan fingerprint density at radius 3 is 2.36 bits per heavy atom. The molecule has 1 aliphatic carbocycles. The highest BCUT2D eigenvalue weighted by molar-refractivity contribution is 7.92. The number of carbonyl (C=O) groups is 1. The van der Waals surface area contributed by atoms with E-state index in [1.807, 2.05) is 0 Å². The van der Waals surface area contributed by atoms with Crippen molar-refractivity contribution in [2.75, 3.05) is 6.61 Å². The van der Waals surface area contributed by atoms with Gasteiger partial charge < -0.3 is 10.5 Å². The summed E-state index contributed by atoms with van der Waals surface area (Å²) >= 11 is 0. The Kier molecular flexibility index (Phi) is 6.50. The van der Waals surface area contributed by atoms with E-state index in [1.54, 1.807) is 0 Å². The Bertz CT molecular complexity index is 1550. The van der Waals surface area contributed by atoms with E-state index in [4.69, 9.17) is 10.5 Å². The third kappa shape index (κ3) is 4.29. The van der Waals surface area contributed by atoms with Gasteiger partial charge >= 0.3 is 6.18 Å². The molecule has 2 heterocycles. The summed E-state index contributed by atoms with van der Waals surface area (Å²) in [5, 5.41) is -1.31. The standard InChI is InChI=1S/C24H23F5N2O6S2/c25-17-5-6-18(26)22-21(17)23(38(33,34)13-3-1-12(2-4-13)24(27,28)29)8-7-19-15(16(23)11-37-22)9-14(10-20(30)32)39(35,36)31-19/h1-6,14-16,19,31H,7-11H2,(H2,30,32)/t14-,15-,16-,19+,23-/m0/s1. The average Bonchev–Trinajstić information content (AvgIpc) is 2.85. The fourth-order valence-corrected chi connectivity index (χ4v) is 10.5. The lowest BCUT2D eigenvalue weighted by atomic mass is 9.64. The van der Waals surface area contributed by atoms with Crippen molar-refractivity contribution in [3.63, 3.8) is 0 Å². The van der Waals surface area contributed by atoms with Crippen molar-refractivity contribution < 1.29 is 48.3 Å². The second-order valence-corrected chi connectivity index (χ2v) is 14.3. The molecule has 1 saturated heterocycles.